The fraction of sp³-hybridized carbons (Fsp3) is 0.538. The van der Waals surface area contributed by atoms with E-state index >= 15 is 0 Å². The molecular weight excluding hydrogens is 220 g/mol. The summed E-state index contributed by atoms with van der Waals surface area (Å²) < 4.78 is 0. The van der Waals surface area contributed by atoms with Crippen LogP contribution < -0.4 is 10.6 Å². The van der Waals surface area contributed by atoms with Gasteiger partial charge in [0.15, 0.2) is 0 Å². The molecule has 16 heavy (non-hydrogen) atoms. The van der Waals surface area contributed by atoms with E-state index in [1.807, 2.05) is 12.1 Å². The summed E-state index contributed by atoms with van der Waals surface area (Å²) >= 11 is 5.97. The van der Waals surface area contributed by atoms with Gasteiger partial charge in [0.05, 0.1) is 0 Å². The number of halogens is 1. The van der Waals surface area contributed by atoms with Gasteiger partial charge in [-0.15, -0.1) is 0 Å². The van der Waals surface area contributed by atoms with Crippen LogP contribution in [-0.4, -0.2) is 18.6 Å². The monoisotopic (exact) mass is 236 g/mol. The van der Waals surface area contributed by atoms with Gasteiger partial charge < -0.3 is 10.6 Å². The zero-order valence-electron chi connectivity index (χ0n) is 9.30. The largest absolute Gasteiger partial charge is 0.383 e. The Bertz CT molecular complexity index is 388. The van der Waals surface area contributed by atoms with Gasteiger partial charge in [-0.25, -0.2) is 0 Å². The van der Waals surface area contributed by atoms with Crippen LogP contribution >= 0.6 is 11.6 Å². The first-order valence-electron chi connectivity index (χ1n) is 6.09. The topological polar surface area (TPSA) is 24.1 Å². The molecular formula is C13H17ClN2. The maximum absolute atomic E-state index is 5.97. The molecule has 1 heterocycles. The van der Waals surface area contributed by atoms with Crippen molar-refractivity contribution in [1.29, 1.82) is 0 Å². The van der Waals surface area contributed by atoms with E-state index in [1.54, 1.807) is 0 Å². The van der Waals surface area contributed by atoms with Crippen molar-refractivity contribution in [3.05, 3.63) is 28.8 Å². The van der Waals surface area contributed by atoms with Crippen molar-refractivity contribution >= 4 is 17.3 Å². The van der Waals surface area contributed by atoms with E-state index in [0.29, 0.717) is 6.04 Å². The Balaban J connectivity index is 1.68. The van der Waals surface area contributed by atoms with E-state index in [1.165, 1.54) is 30.5 Å². The van der Waals surface area contributed by atoms with E-state index in [4.69, 9.17) is 11.6 Å². The van der Waals surface area contributed by atoms with Crippen LogP contribution in [0.2, 0.25) is 5.02 Å². The second kappa shape index (κ2) is 4.27. The van der Waals surface area contributed by atoms with Crippen molar-refractivity contribution in [2.24, 2.45) is 0 Å². The normalized spacial score (nSPS) is 24.4. The average molecular weight is 237 g/mol. The second-order valence-corrected chi connectivity index (χ2v) is 5.31. The second-order valence-electron chi connectivity index (χ2n) is 4.88. The van der Waals surface area contributed by atoms with Crippen molar-refractivity contribution in [2.45, 2.75) is 37.8 Å². The van der Waals surface area contributed by atoms with Gasteiger partial charge in [0.25, 0.3) is 0 Å². The third-order valence-corrected chi connectivity index (χ3v) is 3.89. The molecule has 86 valence electrons. The number of fused-ring (bicyclic) bond motifs is 1. The highest BCUT2D eigenvalue weighted by atomic mass is 35.5. The lowest BCUT2D eigenvalue weighted by molar-refractivity contribution is 0.304. The first-order chi connectivity index (χ1) is 7.81. The number of nitrogens with one attached hydrogen (secondary N) is 2. The average Bonchev–Trinajstić information content (AvgIpc) is 2.23. The van der Waals surface area contributed by atoms with E-state index in [0.717, 1.165) is 24.0 Å². The molecule has 0 spiro atoms. The summed E-state index contributed by atoms with van der Waals surface area (Å²) in [5, 5.41) is 7.99. The van der Waals surface area contributed by atoms with Crippen LogP contribution in [0.25, 0.3) is 0 Å². The molecule has 0 saturated heterocycles. The molecule has 3 rings (SSSR count). The maximum atomic E-state index is 5.97. The molecule has 0 bridgehead atoms. The minimum atomic E-state index is 0.582. The molecule has 1 aliphatic carbocycles. The van der Waals surface area contributed by atoms with Crippen LogP contribution in [0.5, 0.6) is 0 Å². The summed E-state index contributed by atoms with van der Waals surface area (Å²) in [6.07, 6.45) is 5.22. The molecule has 2 nitrogen and oxygen atoms in total. The molecule has 1 saturated carbocycles. The predicted octanol–water partition coefficient (Wildman–Crippen LogP) is 2.82. The maximum Gasteiger partial charge on any atom is 0.0426 e. The molecule has 1 fully saturated rings. The number of hydrogen-bond donors (Lipinski definition) is 2. The summed E-state index contributed by atoms with van der Waals surface area (Å²) in [5.74, 6) is 0. The van der Waals surface area contributed by atoms with Crippen molar-refractivity contribution in [3.63, 3.8) is 0 Å². The quantitative estimate of drug-likeness (QED) is 0.825. The van der Waals surface area contributed by atoms with Gasteiger partial charge in [-0.1, -0.05) is 24.1 Å². The van der Waals surface area contributed by atoms with Gasteiger partial charge in [0, 0.05) is 29.3 Å². The van der Waals surface area contributed by atoms with Gasteiger partial charge in [0.1, 0.15) is 0 Å². The lowest BCUT2D eigenvalue weighted by Crippen LogP contribution is -2.48. The van der Waals surface area contributed by atoms with Gasteiger partial charge in [-0.05, 0) is 37.0 Å². The molecule has 2 N–H and O–H groups in total. The smallest absolute Gasteiger partial charge is 0.0426 e. The standard InChI is InChI=1S/C13H17ClN2/c14-10-5-4-9-6-12(8-15-13(9)7-10)16-11-2-1-3-11/h4-5,7,11-12,15-16H,1-3,6,8H2. The number of benzene rings is 1. The van der Waals surface area contributed by atoms with Crippen LogP contribution in [0.15, 0.2) is 18.2 Å². The van der Waals surface area contributed by atoms with Crippen molar-refractivity contribution in [1.82, 2.24) is 5.32 Å². The Labute approximate surface area is 101 Å². The van der Waals surface area contributed by atoms with E-state index < -0.39 is 0 Å². The van der Waals surface area contributed by atoms with Crippen LogP contribution in [0.4, 0.5) is 5.69 Å². The third-order valence-electron chi connectivity index (χ3n) is 3.65. The zero-order valence-corrected chi connectivity index (χ0v) is 10.1. The van der Waals surface area contributed by atoms with Crippen LogP contribution in [0.1, 0.15) is 24.8 Å². The molecule has 0 radical (unpaired) electrons. The number of hydrogen-bond acceptors (Lipinski definition) is 2. The zero-order chi connectivity index (χ0) is 11.0. The van der Waals surface area contributed by atoms with Crippen LogP contribution in [0.3, 0.4) is 0 Å². The van der Waals surface area contributed by atoms with Gasteiger partial charge in [-0.2, -0.15) is 0 Å². The van der Waals surface area contributed by atoms with E-state index in [2.05, 4.69) is 16.7 Å². The third kappa shape index (κ3) is 2.04. The summed E-state index contributed by atoms with van der Waals surface area (Å²) in [6, 6.07) is 7.49. The van der Waals surface area contributed by atoms with Crippen molar-refractivity contribution in [3.8, 4) is 0 Å². The molecule has 1 unspecified atom stereocenters. The fourth-order valence-electron chi connectivity index (χ4n) is 2.49. The first-order valence-corrected chi connectivity index (χ1v) is 6.47. The number of rotatable bonds is 2. The molecule has 1 aromatic rings. The Hall–Kier alpha value is -0.730. The van der Waals surface area contributed by atoms with Gasteiger partial charge in [-0.3, -0.25) is 0 Å². The highest BCUT2D eigenvalue weighted by Gasteiger charge is 2.24. The van der Waals surface area contributed by atoms with E-state index in [9.17, 15) is 0 Å². The molecule has 0 aromatic heterocycles. The Morgan fingerprint density at radius 1 is 1.25 bits per heavy atom. The van der Waals surface area contributed by atoms with Crippen molar-refractivity contribution < 1.29 is 0 Å². The van der Waals surface area contributed by atoms with Crippen LogP contribution in [-0.2, 0) is 6.42 Å². The van der Waals surface area contributed by atoms with Crippen molar-refractivity contribution in [2.75, 3.05) is 11.9 Å². The minimum absolute atomic E-state index is 0.582. The molecule has 0 amide bonds. The molecule has 3 heteroatoms. The van der Waals surface area contributed by atoms with Crippen LogP contribution in [0, 0.1) is 0 Å². The number of anilines is 1. The lowest BCUT2D eigenvalue weighted by Gasteiger charge is -2.34. The van der Waals surface area contributed by atoms with Gasteiger partial charge >= 0.3 is 0 Å². The summed E-state index contributed by atoms with van der Waals surface area (Å²) in [4.78, 5) is 0. The van der Waals surface area contributed by atoms with E-state index in [-0.39, 0.29) is 0 Å². The first kappa shape index (κ1) is 10.4. The Morgan fingerprint density at radius 3 is 2.88 bits per heavy atom. The predicted molar refractivity (Wildman–Crippen MR) is 68.2 cm³/mol. The molecule has 1 aromatic carbocycles. The summed E-state index contributed by atoms with van der Waals surface area (Å²) in [5.41, 5.74) is 2.59. The Morgan fingerprint density at radius 2 is 2.12 bits per heavy atom. The molecule has 1 aliphatic heterocycles. The molecule has 2 aliphatic rings. The summed E-state index contributed by atoms with van der Waals surface area (Å²) in [7, 11) is 0. The lowest BCUT2D eigenvalue weighted by atomic mass is 9.90. The minimum Gasteiger partial charge on any atom is -0.383 e. The SMILES string of the molecule is Clc1ccc2c(c1)NCC(NC1CCC1)C2. The Kier molecular flexibility index (Phi) is 2.78. The van der Waals surface area contributed by atoms with Gasteiger partial charge in [0.2, 0.25) is 0 Å². The molecule has 1 atom stereocenters. The fourth-order valence-corrected chi connectivity index (χ4v) is 2.66. The summed E-state index contributed by atoms with van der Waals surface area (Å²) in [6.45, 7) is 1.02. The highest BCUT2D eigenvalue weighted by Crippen LogP contribution is 2.27. The highest BCUT2D eigenvalue weighted by molar-refractivity contribution is 6.30.